The predicted molar refractivity (Wildman–Crippen MR) is 94.0 cm³/mol. The molecule has 0 atom stereocenters. The highest BCUT2D eigenvalue weighted by Gasteiger charge is 2.11. The van der Waals surface area contributed by atoms with E-state index in [-0.39, 0.29) is 26.1 Å². The van der Waals surface area contributed by atoms with E-state index in [9.17, 15) is 13.6 Å². The van der Waals surface area contributed by atoms with Crippen LogP contribution in [0.3, 0.4) is 0 Å². The van der Waals surface area contributed by atoms with Gasteiger partial charge in [-0.05, 0) is 18.6 Å². The highest BCUT2D eigenvalue weighted by molar-refractivity contribution is 7.07. The molecule has 0 saturated heterocycles. The van der Waals surface area contributed by atoms with Crippen LogP contribution in [-0.4, -0.2) is 11.2 Å². The minimum atomic E-state index is -2.98. The molecule has 0 N–H and O–H groups in total. The summed E-state index contributed by atoms with van der Waals surface area (Å²) in [6.07, 6.45) is 2.97. The summed E-state index contributed by atoms with van der Waals surface area (Å²) in [7, 11) is 0. The zero-order valence-corrected chi connectivity index (χ0v) is 14.7. The lowest BCUT2D eigenvalue weighted by molar-refractivity contribution is -0.0499. The Kier molecular flexibility index (Phi) is 6.65. The average Bonchev–Trinajstić information content (AvgIpc) is 2.91. The molecule has 0 aliphatic rings. The van der Waals surface area contributed by atoms with Crippen LogP contribution in [0, 0.1) is 22.7 Å². The summed E-state index contributed by atoms with van der Waals surface area (Å²) >= 11 is 0.986. The molecule has 0 saturated carbocycles. The van der Waals surface area contributed by atoms with E-state index in [2.05, 4.69) is 4.74 Å². The Morgan fingerprint density at radius 1 is 1.35 bits per heavy atom. The van der Waals surface area contributed by atoms with Gasteiger partial charge in [0.15, 0.2) is 5.57 Å². The number of para-hydroxylation sites is 1. The fraction of sp³-hybridized carbons (Fsp3) is 0.278. The second-order valence-corrected chi connectivity index (χ2v) is 6.27. The van der Waals surface area contributed by atoms with E-state index in [0.29, 0.717) is 18.5 Å². The summed E-state index contributed by atoms with van der Waals surface area (Å²) in [5.74, 6) is -0.0540. The van der Waals surface area contributed by atoms with Gasteiger partial charge in [-0.3, -0.25) is 9.36 Å². The Balaban J connectivity index is 2.72. The number of alkyl halides is 2. The normalized spacial score (nSPS) is 11.2. The van der Waals surface area contributed by atoms with E-state index >= 15 is 0 Å². The lowest BCUT2D eigenvalue weighted by Crippen LogP contribution is -2.32. The van der Waals surface area contributed by atoms with Crippen molar-refractivity contribution in [3.8, 4) is 17.9 Å². The molecule has 1 aromatic heterocycles. The van der Waals surface area contributed by atoms with Crippen molar-refractivity contribution in [3.05, 3.63) is 49.4 Å². The van der Waals surface area contributed by atoms with Crippen LogP contribution in [0.2, 0.25) is 0 Å². The standard InChI is InChI=1S/C18H15F2N3O2S/c1-2-3-8-23-16(24)15(26-17(23)13(10-21)11-22)9-12-6-4-5-7-14(12)25-18(19)20/h4-7,9,18H,2-3,8H2,1H3/b15-9+. The minimum absolute atomic E-state index is 0.0540. The zero-order valence-electron chi connectivity index (χ0n) is 13.9. The Morgan fingerprint density at radius 3 is 2.65 bits per heavy atom. The van der Waals surface area contributed by atoms with Crippen LogP contribution in [-0.2, 0) is 6.54 Å². The van der Waals surface area contributed by atoms with E-state index in [1.165, 1.54) is 16.7 Å². The molecule has 1 heterocycles. The SMILES string of the molecule is CCCCn1c(=C(C#N)C#N)s/c(=C/c2ccccc2OC(F)F)c1=O. The van der Waals surface area contributed by atoms with Crippen molar-refractivity contribution >= 4 is 23.0 Å². The van der Waals surface area contributed by atoms with E-state index in [4.69, 9.17) is 10.5 Å². The summed E-state index contributed by atoms with van der Waals surface area (Å²) in [6, 6.07) is 9.70. The van der Waals surface area contributed by atoms with Gasteiger partial charge in [0, 0.05) is 12.1 Å². The van der Waals surface area contributed by atoms with Gasteiger partial charge in [-0.25, -0.2) is 0 Å². The largest absolute Gasteiger partial charge is 0.434 e. The van der Waals surface area contributed by atoms with Crippen LogP contribution in [0.5, 0.6) is 5.75 Å². The average molecular weight is 375 g/mol. The topological polar surface area (TPSA) is 78.8 Å². The lowest BCUT2D eigenvalue weighted by Gasteiger charge is -2.06. The monoisotopic (exact) mass is 375 g/mol. The molecule has 5 nitrogen and oxygen atoms in total. The molecular weight excluding hydrogens is 360 g/mol. The van der Waals surface area contributed by atoms with Crippen LogP contribution in [0.1, 0.15) is 25.3 Å². The van der Waals surface area contributed by atoms with Crippen LogP contribution in [0.15, 0.2) is 29.1 Å². The van der Waals surface area contributed by atoms with Crippen molar-refractivity contribution in [1.82, 2.24) is 4.57 Å². The molecule has 1 aromatic carbocycles. The molecule has 2 aromatic rings. The number of nitriles is 2. The van der Waals surface area contributed by atoms with Gasteiger partial charge in [0.25, 0.3) is 5.56 Å². The van der Waals surface area contributed by atoms with Gasteiger partial charge in [0.2, 0.25) is 0 Å². The number of thiazole rings is 1. The summed E-state index contributed by atoms with van der Waals surface area (Å²) in [5, 5.41) is 18.3. The van der Waals surface area contributed by atoms with Crippen LogP contribution >= 0.6 is 11.3 Å². The van der Waals surface area contributed by atoms with Crippen molar-refractivity contribution in [3.63, 3.8) is 0 Å². The first kappa shape index (κ1) is 19.4. The molecule has 0 aliphatic heterocycles. The van der Waals surface area contributed by atoms with Gasteiger partial charge >= 0.3 is 6.61 Å². The predicted octanol–water partition coefficient (Wildman–Crippen LogP) is 2.34. The van der Waals surface area contributed by atoms with Crippen molar-refractivity contribution in [1.29, 1.82) is 10.5 Å². The highest BCUT2D eigenvalue weighted by Crippen LogP contribution is 2.20. The molecule has 0 fully saturated rings. The first-order valence-electron chi connectivity index (χ1n) is 7.81. The molecule has 0 spiro atoms. The number of halogens is 2. The lowest BCUT2D eigenvalue weighted by atomic mass is 10.2. The Hall–Kier alpha value is -2.97. The third-order valence-electron chi connectivity index (χ3n) is 3.50. The van der Waals surface area contributed by atoms with Crippen molar-refractivity contribution in [2.24, 2.45) is 0 Å². The molecule has 0 radical (unpaired) electrons. The number of aromatic nitrogens is 1. The Bertz CT molecular complexity index is 1030. The zero-order chi connectivity index (χ0) is 19.1. The first-order valence-corrected chi connectivity index (χ1v) is 8.63. The van der Waals surface area contributed by atoms with Gasteiger partial charge in [-0.15, -0.1) is 11.3 Å². The molecular formula is C18H15F2N3O2S. The number of hydrogen-bond acceptors (Lipinski definition) is 5. The highest BCUT2D eigenvalue weighted by atomic mass is 32.1. The molecule has 0 unspecified atom stereocenters. The maximum Gasteiger partial charge on any atom is 0.387 e. The number of unbranched alkanes of at least 4 members (excludes halogenated alkanes) is 1. The number of rotatable bonds is 6. The van der Waals surface area contributed by atoms with Crippen molar-refractivity contribution < 1.29 is 13.5 Å². The van der Waals surface area contributed by atoms with Gasteiger partial charge in [-0.1, -0.05) is 31.5 Å². The summed E-state index contributed by atoms with van der Waals surface area (Å²) in [6.45, 7) is -0.653. The first-order chi connectivity index (χ1) is 12.5. The molecule has 0 bridgehead atoms. The number of benzene rings is 1. The quantitative estimate of drug-likeness (QED) is 0.776. The van der Waals surface area contributed by atoms with E-state index in [1.807, 2.05) is 6.92 Å². The fourth-order valence-electron chi connectivity index (χ4n) is 2.29. The van der Waals surface area contributed by atoms with E-state index in [1.54, 1.807) is 30.3 Å². The molecule has 0 aliphatic carbocycles. The molecule has 8 heteroatoms. The smallest absolute Gasteiger partial charge is 0.387 e. The maximum atomic E-state index is 12.7. The van der Waals surface area contributed by atoms with Crippen LogP contribution in [0.25, 0.3) is 11.6 Å². The van der Waals surface area contributed by atoms with Gasteiger partial charge in [0.1, 0.15) is 22.6 Å². The Morgan fingerprint density at radius 2 is 2.04 bits per heavy atom. The van der Waals surface area contributed by atoms with E-state index < -0.39 is 6.61 Å². The fourth-order valence-corrected chi connectivity index (χ4v) is 3.36. The molecule has 134 valence electrons. The molecule has 0 amide bonds. The van der Waals surface area contributed by atoms with E-state index in [0.717, 1.165) is 17.8 Å². The maximum absolute atomic E-state index is 12.7. The van der Waals surface area contributed by atoms with Gasteiger partial charge in [0.05, 0.1) is 4.53 Å². The molecule has 2 rings (SSSR count). The molecule has 26 heavy (non-hydrogen) atoms. The van der Waals surface area contributed by atoms with Crippen molar-refractivity contribution in [2.45, 2.75) is 32.9 Å². The number of nitrogens with zero attached hydrogens (tertiary/aromatic N) is 3. The Labute approximate surface area is 152 Å². The van der Waals surface area contributed by atoms with Crippen molar-refractivity contribution in [2.75, 3.05) is 0 Å². The second-order valence-electron chi connectivity index (χ2n) is 5.24. The summed E-state index contributed by atoms with van der Waals surface area (Å²) < 4.78 is 31.5. The third-order valence-corrected chi connectivity index (χ3v) is 4.63. The third kappa shape index (κ3) is 4.35. The van der Waals surface area contributed by atoms with Gasteiger partial charge in [-0.2, -0.15) is 19.3 Å². The number of hydrogen-bond donors (Lipinski definition) is 0. The summed E-state index contributed by atoms with van der Waals surface area (Å²) in [5.41, 5.74) is -0.205. The van der Waals surface area contributed by atoms with Crippen LogP contribution in [0.4, 0.5) is 8.78 Å². The minimum Gasteiger partial charge on any atom is -0.434 e. The van der Waals surface area contributed by atoms with Crippen LogP contribution < -0.4 is 19.5 Å². The number of ether oxygens (including phenoxy) is 1. The van der Waals surface area contributed by atoms with Gasteiger partial charge < -0.3 is 4.74 Å². The summed E-state index contributed by atoms with van der Waals surface area (Å²) in [4.78, 5) is 12.7. The second kappa shape index (κ2) is 8.93.